The van der Waals surface area contributed by atoms with Crippen molar-refractivity contribution in [2.75, 3.05) is 59.0 Å². The third kappa shape index (κ3) is 3.91. The largest absolute Gasteiger partial charge is 0.378 e. The van der Waals surface area contributed by atoms with Gasteiger partial charge in [-0.1, -0.05) is 0 Å². The number of rotatable bonds is 5. The Morgan fingerprint density at radius 2 is 2.00 bits per heavy atom. The molecule has 1 amide bonds. The van der Waals surface area contributed by atoms with Crippen LogP contribution in [-0.2, 0) is 9.53 Å². The van der Waals surface area contributed by atoms with Crippen molar-refractivity contribution in [1.29, 1.82) is 0 Å². The van der Waals surface area contributed by atoms with Crippen molar-refractivity contribution in [3.8, 4) is 0 Å². The van der Waals surface area contributed by atoms with E-state index in [4.69, 9.17) is 4.74 Å². The molecule has 2 saturated heterocycles. The van der Waals surface area contributed by atoms with Crippen LogP contribution in [0.4, 0.5) is 0 Å². The van der Waals surface area contributed by atoms with E-state index in [-0.39, 0.29) is 11.9 Å². The fourth-order valence-corrected chi connectivity index (χ4v) is 2.88. The van der Waals surface area contributed by atoms with Crippen molar-refractivity contribution >= 4 is 5.91 Å². The average molecular weight is 282 g/mol. The Bertz CT molecular complexity index is 329. The zero-order valence-electron chi connectivity index (χ0n) is 12.1. The smallest absolute Gasteiger partial charge is 0.239 e. The first kappa shape index (κ1) is 14.3. The maximum absolute atomic E-state index is 12.3. The monoisotopic (exact) mass is 282 g/mol. The van der Waals surface area contributed by atoms with E-state index in [1.807, 2.05) is 0 Å². The number of ether oxygens (including phenoxy) is 1. The number of carbonyl (C=O) groups excluding carboxylic acids is 1. The Hall–Kier alpha value is -0.690. The highest BCUT2D eigenvalue weighted by atomic mass is 16.5. The molecule has 6 heteroatoms. The maximum atomic E-state index is 12.3. The van der Waals surface area contributed by atoms with E-state index in [1.54, 1.807) is 0 Å². The predicted molar refractivity (Wildman–Crippen MR) is 76.7 cm³/mol. The second-order valence-electron chi connectivity index (χ2n) is 6.00. The van der Waals surface area contributed by atoms with E-state index in [1.165, 1.54) is 0 Å². The lowest BCUT2D eigenvalue weighted by atomic mass is 10.2. The normalized spacial score (nSPS) is 29.3. The minimum atomic E-state index is -0.0905. The van der Waals surface area contributed by atoms with E-state index < -0.39 is 0 Å². The minimum Gasteiger partial charge on any atom is -0.378 e. The molecule has 20 heavy (non-hydrogen) atoms. The number of piperazine rings is 1. The highest BCUT2D eigenvalue weighted by Gasteiger charge is 2.33. The molecule has 114 valence electrons. The third-order valence-corrected chi connectivity index (χ3v) is 4.38. The summed E-state index contributed by atoms with van der Waals surface area (Å²) in [7, 11) is 0. The summed E-state index contributed by atoms with van der Waals surface area (Å²) in [4.78, 5) is 17.0. The van der Waals surface area contributed by atoms with Gasteiger partial charge >= 0.3 is 0 Å². The van der Waals surface area contributed by atoms with Crippen LogP contribution in [0.15, 0.2) is 0 Å². The quantitative estimate of drug-likeness (QED) is 0.668. The van der Waals surface area contributed by atoms with Crippen LogP contribution >= 0.6 is 0 Å². The van der Waals surface area contributed by atoms with Crippen molar-refractivity contribution in [2.24, 2.45) is 0 Å². The van der Waals surface area contributed by atoms with Crippen LogP contribution < -0.4 is 10.6 Å². The summed E-state index contributed by atoms with van der Waals surface area (Å²) in [6.07, 6.45) is 2.28. The summed E-state index contributed by atoms with van der Waals surface area (Å²) in [5, 5.41) is 6.48. The van der Waals surface area contributed by atoms with Crippen LogP contribution in [0.25, 0.3) is 0 Å². The lowest BCUT2D eigenvalue weighted by Gasteiger charge is -2.36. The molecule has 0 spiro atoms. The first-order chi connectivity index (χ1) is 9.83. The molecule has 6 nitrogen and oxygen atoms in total. The minimum absolute atomic E-state index is 0.0905. The average Bonchev–Trinajstić information content (AvgIpc) is 3.30. The molecule has 1 saturated carbocycles. The van der Waals surface area contributed by atoms with Crippen LogP contribution in [0.3, 0.4) is 0 Å². The highest BCUT2D eigenvalue weighted by Crippen LogP contribution is 2.19. The fraction of sp³-hybridized carbons (Fsp3) is 0.929. The van der Waals surface area contributed by atoms with Gasteiger partial charge in [-0.3, -0.25) is 14.6 Å². The lowest BCUT2D eigenvalue weighted by molar-refractivity contribution is -0.132. The Morgan fingerprint density at radius 1 is 1.20 bits per heavy atom. The van der Waals surface area contributed by atoms with Crippen LogP contribution in [0.2, 0.25) is 0 Å². The number of nitrogens with zero attached hydrogens (tertiary/aromatic N) is 2. The van der Waals surface area contributed by atoms with Gasteiger partial charge in [0.25, 0.3) is 0 Å². The van der Waals surface area contributed by atoms with Crippen molar-refractivity contribution in [2.45, 2.75) is 24.9 Å². The molecule has 2 N–H and O–H groups in total. The van der Waals surface area contributed by atoms with Crippen LogP contribution in [0, 0.1) is 0 Å². The van der Waals surface area contributed by atoms with Crippen LogP contribution in [0.5, 0.6) is 0 Å². The summed E-state index contributed by atoms with van der Waals surface area (Å²) >= 11 is 0. The fourth-order valence-electron chi connectivity index (χ4n) is 2.88. The molecule has 0 aromatic carbocycles. The molecule has 0 aromatic heterocycles. The first-order valence-electron chi connectivity index (χ1n) is 7.88. The number of morpholine rings is 1. The molecule has 0 aromatic rings. The second kappa shape index (κ2) is 6.85. The molecule has 3 fully saturated rings. The van der Waals surface area contributed by atoms with E-state index in [0.717, 1.165) is 65.3 Å². The molecule has 1 unspecified atom stereocenters. The maximum Gasteiger partial charge on any atom is 0.239 e. The molecule has 1 aliphatic carbocycles. The van der Waals surface area contributed by atoms with Gasteiger partial charge in [0, 0.05) is 51.9 Å². The van der Waals surface area contributed by atoms with E-state index in [0.29, 0.717) is 12.6 Å². The van der Waals surface area contributed by atoms with Crippen molar-refractivity contribution < 1.29 is 9.53 Å². The SMILES string of the molecule is O=C(NC1CC1)C1COCCN1CCN1CCNCC1. The molecule has 3 aliphatic rings. The highest BCUT2D eigenvalue weighted by molar-refractivity contribution is 5.82. The summed E-state index contributed by atoms with van der Waals surface area (Å²) in [5.74, 6) is 0.160. The molecule has 0 radical (unpaired) electrons. The molecule has 2 heterocycles. The molecule has 3 rings (SSSR count). The van der Waals surface area contributed by atoms with Gasteiger partial charge in [0.15, 0.2) is 0 Å². The van der Waals surface area contributed by atoms with Gasteiger partial charge in [0.1, 0.15) is 6.04 Å². The summed E-state index contributed by atoms with van der Waals surface area (Å²) in [5.41, 5.74) is 0. The Kier molecular flexibility index (Phi) is 4.88. The number of carbonyl (C=O) groups is 1. The topological polar surface area (TPSA) is 56.8 Å². The van der Waals surface area contributed by atoms with Gasteiger partial charge in [-0.05, 0) is 12.8 Å². The molecule has 2 aliphatic heterocycles. The second-order valence-corrected chi connectivity index (χ2v) is 6.00. The standard InChI is InChI=1S/C14H26N4O2/c19-14(16-12-1-2-12)13-11-20-10-9-18(13)8-7-17-5-3-15-4-6-17/h12-13,15H,1-11H2,(H,16,19). The number of amides is 1. The van der Waals surface area contributed by atoms with Gasteiger partial charge in [-0.25, -0.2) is 0 Å². The van der Waals surface area contributed by atoms with Gasteiger partial charge < -0.3 is 15.4 Å². The van der Waals surface area contributed by atoms with Crippen LogP contribution in [0.1, 0.15) is 12.8 Å². The van der Waals surface area contributed by atoms with E-state index in [9.17, 15) is 4.79 Å². The summed E-state index contributed by atoms with van der Waals surface area (Å²) in [6.45, 7) is 8.56. The number of nitrogens with one attached hydrogen (secondary N) is 2. The lowest BCUT2D eigenvalue weighted by Crippen LogP contribution is -2.56. The van der Waals surface area contributed by atoms with Gasteiger partial charge in [0.05, 0.1) is 13.2 Å². The van der Waals surface area contributed by atoms with Gasteiger partial charge in [-0.2, -0.15) is 0 Å². The van der Waals surface area contributed by atoms with Crippen molar-refractivity contribution in [3.05, 3.63) is 0 Å². The van der Waals surface area contributed by atoms with Gasteiger partial charge in [0.2, 0.25) is 5.91 Å². The van der Waals surface area contributed by atoms with Crippen molar-refractivity contribution in [1.82, 2.24) is 20.4 Å². The molecular weight excluding hydrogens is 256 g/mol. The predicted octanol–water partition coefficient (Wildman–Crippen LogP) is -1.13. The van der Waals surface area contributed by atoms with Gasteiger partial charge in [-0.15, -0.1) is 0 Å². The van der Waals surface area contributed by atoms with E-state index >= 15 is 0 Å². The first-order valence-corrected chi connectivity index (χ1v) is 7.88. The zero-order chi connectivity index (χ0) is 13.8. The Labute approximate surface area is 120 Å². The Balaban J connectivity index is 1.47. The Morgan fingerprint density at radius 3 is 2.75 bits per heavy atom. The summed E-state index contributed by atoms with van der Waals surface area (Å²) < 4.78 is 5.50. The molecular formula is C14H26N4O2. The summed E-state index contributed by atoms with van der Waals surface area (Å²) in [6, 6.07) is 0.340. The zero-order valence-corrected chi connectivity index (χ0v) is 12.1. The molecule has 0 bridgehead atoms. The molecule has 1 atom stereocenters. The number of hydrogen-bond acceptors (Lipinski definition) is 5. The number of hydrogen-bond donors (Lipinski definition) is 2. The third-order valence-electron chi connectivity index (χ3n) is 4.38. The van der Waals surface area contributed by atoms with Crippen LogP contribution in [-0.4, -0.2) is 86.8 Å². The van der Waals surface area contributed by atoms with E-state index in [2.05, 4.69) is 20.4 Å². The van der Waals surface area contributed by atoms with Crippen molar-refractivity contribution in [3.63, 3.8) is 0 Å².